The summed E-state index contributed by atoms with van der Waals surface area (Å²) in [5, 5.41) is 4.94. The molecule has 0 bridgehead atoms. The van der Waals surface area contributed by atoms with Crippen LogP contribution in [0.3, 0.4) is 0 Å². The van der Waals surface area contributed by atoms with Gasteiger partial charge in [0.25, 0.3) is 0 Å². The largest absolute Gasteiger partial charge is 0.458 e. The summed E-state index contributed by atoms with van der Waals surface area (Å²) < 4.78 is 71.4. The van der Waals surface area contributed by atoms with Crippen molar-refractivity contribution in [3.05, 3.63) is 70.8 Å². The van der Waals surface area contributed by atoms with Crippen molar-refractivity contribution < 1.29 is 41.0 Å². The predicted molar refractivity (Wildman–Crippen MR) is 175 cm³/mol. The molecular formula is C34H49F2N3O7S. The predicted octanol–water partition coefficient (Wildman–Crippen LogP) is 4.37. The van der Waals surface area contributed by atoms with Crippen LogP contribution in [0.4, 0.5) is 13.6 Å². The maximum absolute atomic E-state index is 14.0. The summed E-state index contributed by atoms with van der Waals surface area (Å²) in [6.45, 7) is 6.86. The van der Waals surface area contributed by atoms with E-state index >= 15 is 0 Å². The van der Waals surface area contributed by atoms with E-state index in [4.69, 9.17) is 19.9 Å². The molecular weight excluding hydrogens is 632 g/mol. The number of benzene rings is 2. The van der Waals surface area contributed by atoms with Gasteiger partial charge in [-0.2, -0.15) is 0 Å². The van der Waals surface area contributed by atoms with Crippen LogP contribution in [-0.2, 0) is 48.2 Å². The first-order chi connectivity index (χ1) is 22.4. The van der Waals surface area contributed by atoms with Crippen LogP contribution in [-0.4, -0.2) is 75.5 Å². The van der Waals surface area contributed by atoms with Gasteiger partial charge in [-0.15, -0.1) is 0 Å². The van der Waals surface area contributed by atoms with E-state index in [-0.39, 0.29) is 25.1 Å². The molecule has 1 aliphatic rings. The Hall–Kier alpha value is -3.13. The van der Waals surface area contributed by atoms with E-state index in [2.05, 4.69) is 10.6 Å². The van der Waals surface area contributed by atoms with Gasteiger partial charge in [0.15, 0.2) is 9.84 Å². The fraction of sp³-hybridized carbons (Fsp3) is 0.588. The molecule has 4 N–H and O–H groups in total. The van der Waals surface area contributed by atoms with E-state index in [0.717, 1.165) is 35.7 Å². The fourth-order valence-electron chi connectivity index (χ4n) is 5.58. The van der Waals surface area contributed by atoms with Gasteiger partial charge >= 0.3 is 12.1 Å². The molecule has 0 aliphatic carbocycles. The molecule has 1 unspecified atom stereocenters. The molecule has 1 heterocycles. The van der Waals surface area contributed by atoms with Crippen LogP contribution in [0.5, 0.6) is 0 Å². The lowest BCUT2D eigenvalue weighted by Gasteiger charge is -2.28. The number of hydrogen-bond acceptors (Lipinski definition) is 9. The number of ether oxygens (including phenoxy) is 3. The molecule has 0 saturated carbocycles. The van der Waals surface area contributed by atoms with E-state index in [0.29, 0.717) is 45.3 Å². The highest BCUT2D eigenvalue weighted by Gasteiger charge is 2.36. The molecule has 3 rings (SSSR count). The van der Waals surface area contributed by atoms with E-state index in [1.54, 1.807) is 0 Å². The van der Waals surface area contributed by atoms with Crippen molar-refractivity contribution in [2.24, 2.45) is 5.73 Å². The van der Waals surface area contributed by atoms with Crippen LogP contribution in [0.25, 0.3) is 0 Å². The summed E-state index contributed by atoms with van der Waals surface area (Å²) in [6, 6.07) is 8.44. The summed E-state index contributed by atoms with van der Waals surface area (Å²) >= 11 is 0. The first kappa shape index (κ1) is 38.3. The molecule has 1 saturated heterocycles. The Labute approximate surface area is 277 Å². The minimum atomic E-state index is -3.86. The second-order valence-electron chi connectivity index (χ2n) is 12.0. The highest BCUT2D eigenvalue weighted by Crippen LogP contribution is 2.19. The zero-order valence-electron chi connectivity index (χ0n) is 27.5. The molecule has 1 amide bonds. The van der Waals surface area contributed by atoms with Gasteiger partial charge in [0.05, 0.1) is 24.2 Å². The molecule has 0 radical (unpaired) electrons. The standard InChI is InChI=1S/C34H49F2N3O7S/c1-4-8-29(9-5-2)47(42,43)22-31(39-34(41)45-28-12-13-44-21-28)33(40)46-32(20-38-19-24-11-7-10-23(6-3)14-24)30(37)17-25-15-26(35)18-27(36)16-25/h7,10-11,14-16,18,28-32,38H,4-6,8-9,12-13,17,19-22,37H2,1-3H3,(H,39,41)/t28-,30-,31?,32+/m0/s1. The Morgan fingerprint density at radius 3 is 2.32 bits per heavy atom. The molecule has 2 aromatic rings. The summed E-state index contributed by atoms with van der Waals surface area (Å²) in [6.07, 6.45) is 0.788. The third-order valence-corrected chi connectivity index (χ3v) is 10.4. The van der Waals surface area contributed by atoms with Crippen LogP contribution in [0.1, 0.15) is 69.6 Å². The van der Waals surface area contributed by atoms with Gasteiger partial charge in [0, 0.05) is 31.6 Å². The molecule has 4 atom stereocenters. The van der Waals surface area contributed by atoms with Gasteiger partial charge in [-0.25, -0.2) is 26.8 Å². The third-order valence-electron chi connectivity index (χ3n) is 8.08. The quantitative estimate of drug-likeness (QED) is 0.184. The fourth-order valence-corrected chi connectivity index (χ4v) is 7.73. The van der Waals surface area contributed by atoms with E-state index < -0.39 is 68.8 Å². The second kappa shape index (κ2) is 19.0. The number of esters is 1. The minimum absolute atomic E-state index is 0.0404. The molecule has 2 aromatic carbocycles. The summed E-state index contributed by atoms with van der Waals surface area (Å²) in [5.74, 6) is -3.25. The zero-order valence-corrected chi connectivity index (χ0v) is 28.3. The molecule has 47 heavy (non-hydrogen) atoms. The Bertz CT molecular complexity index is 1380. The molecule has 13 heteroatoms. The maximum Gasteiger partial charge on any atom is 0.408 e. The Morgan fingerprint density at radius 2 is 1.70 bits per heavy atom. The SMILES string of the molecule is CCCC(CCC)S(=O)(=O)CC(NC(=O)O[C@H]1CCOC1)C(=O)O[C@H](CNCc1cccc(CC)c1)[C@@H](N)Cc1cc(F)cc(F)c1. The monoisotopic (exact) mass is 681 g/mol. The topological polar surface area (TPSA) is 146 Å². The number of nitrogens with one attached hydrogen (secondary N) is 2. The van der Waals surface area contributed by atoms with E-state index in [1.807, 2.05) is 45.0 Å². The van der Waals surface area contributed by atoms with Gasteiger partial charge in [-0.1, -0.05) is 57.9 Å². The van der Waals surface area contributed by atoms with Crippen molar-refractivity contribution in [2.75, 3.05) is 25.5 Å². The van der Waals surface area contributed by atoms with Crippen molar-refractivity contribution in [2.45, 2.75) is 102 Å². The van der Waals surface area contributed by atoms with Crippen LogP contribution in [0, 0.1) is 11.6 Å². The number of aryl methyl sites for hydroxylation is 1. The van der Waals surface area contributed by atoms with Crippen molar-refractivity contribution in [3.8, 4) is 0 Å². The lowest BCUT2D eigenvalue weighted by atomic mass is 10.0. The summed E-state index contributed by atoms with van der Waals surface area (Å²) in [4.78, 5) is 26.6. The van der Waals surface area contributed by atoms with Crippen molar-refractivity contribution in [1.82, 2.24) is 10.6 Å². The third kappa shape index (κ3) is 12.8. The van der Waals surface area contributed by atoms with Crippen LogP contribution < -0.4 is 16.4 Å². The van der Waals surface area contributed by atoms with Gasteiger partial charge in [-0.05, 0) is 54.5 Å². The molecule has 1 fully saturated rings. The molecule has 0 spiro atoms. The van der Waals surface area contributed by atoms with E-state index in [9.17, 15) is 26.8 Å². The summed E-state index contributed by atoms with van der Waals surface area (Å²) in [5.41, 5.74) is 8.87. The van der Waals surface area contributed by atoms with Crippen molar-refractivity contribution >= 4 is 21.9 Å². The summed E-state index contributed by atoms with van der Waals surface area (Å²) in [7, 11) is -3.86. The Balaban J connectivity index is 1.84. The second-order valence-corrected chi connectivity index (χ2v) is 14.4. The number of amides is 1. The van der Waals surface area contributed by atoms with Crippen LogP contribution >= 0.6 is 0 Å². The van der Waals surface area contributed by atoms with Gasteiger partial charge in [0.2, 0.25) is 0 Å². The smallest absolute Gasteiger partial charge is 0.408 e. The van der Waals surface area contributed by atoms with Gasteiger partial charge in [-0.3, -0.25) is 0 Å². The van der Waals surface area contributed by atoms with Crippen LogP contribution in [0.2, 0.25) is 0 Å². The lowest BCUT2D eigenvalue weighted by molar-refractivity contribution is -0.151. The molecule has 262 valence electrons. The number of hydrogen-bond donors (Lipinski definition) is 3. The number of nitrogens with two attached hydrogens (primary N) is 1. The van der Waals surface area contributed by atoms with Crippen molar-refractivity contribution in [1.29, 1.82) is 0 Å². The highest BCUT2D eigenvalue weighted by atomic mass is 32.2. The number of halogens is 2. The van der Waals surface area contributed by atoms with E-state index in [1.165, 1.54) is 0 Å². The highest BCUT2D eigenvalue weighted by molar-refractivity contribution is 7.92. The average molecular weight is 682 g/mol. The minimum Gasteiger partial charge on any atom is -0.458 e. The molecule has 10 nitrogen and oxygen atoms in total. The zero-order chi connectivity index (χ0) is 34.4. The number of carbonyl (C=O) groups excluding carboxylic acids is 2. The lowest BCUT2D eigenvalue weighted by Crippen LogP contribution is -2.52. The van der Waals surface area contributed by atoms with Gasteiger partial charge in [0.1, 0.15) is 29.9 Å². The normalized spacial score (nSPS) is 16.9. The number of rotatable bonds is 19. The number of sulfone groups is 1. The first-order valence-electron chi connectivity index (χ1n) is 16.4. The number of carbonyl (C=O) groups is 2. The average Bonchev–Trinajstić information content (AvgIpc) is 3.52. The Morgan fingerprint density at radius 1 is 1.02 bits per heavy atom. The van der Waals surface area contributed by atoms with Crippen molar-refractivity contribution in [3.63, 3.8) is 0 Å². The molecule has 0 aromatic heterocycles. The maximum atomic E-state index is 14.0. The Kier molecular flexibility index (Phi) is 15.5. The van der Waals surface area contributed by atoms with Crippen LogP contribution in [0.15, 0.2) is 42.5 Å². The number of alkyl carbamates (subject to hydrolysis) is 1. The molecule has 1 aliphatic heterocycles. The first-order valence-corrected chi connectivity index (χ1v) is 18.1. The van der Waals surface area contributed by atoms with Gasteiger partial charge < -0.3 is 30.6 Å².